The summed E-state index contributed by atoms with van der Waals surface area (Å²) in [5, 5.41) is 22.1. The molecule has 0 aliphatic carbocycles. The van der Waals surface area contributed by atoms with E-state index in [1.807, 2.05) is 6.07 Å². The van der Waals surface area contributed by atoms with Crippen LogP contribution in [0.1, 0.15) is 42.5 Å². The highest BCUT2D eigenvalue weighted by molar-refractivity contribution is 5.99. The summed E-state index contributed by atoms with van der Waals surface area (Å²) in [5.41, 5.74) is 1.31. The highest BCUT2D eigenvalue weighted by Crippen LogP contribution is 2.39. The number of aromatic nitrogens is 2. The number of fused-ring (bicyclic) bond motifs is 5. The average Bonchev–Trinajstić information content (AvgIpc) is 3.19. The molecule has 1 aromatic carbocycles. The molecule has 9 nitrogen and oxygen atoms in total. The Morgan fingerprint density at radius 1 is 1.32 bits per heavy atom. The second-order valence-electron chi connectivity index (χ2n) is 8.48. The summed E-state index contributed by atoms with van der Waals surface area (Å²) in [5.74, 6) is -1.32. The van der Waals surface area contributed by atoms with Crippen LogP contribution >= 0.6 is 0 Å². The third kappa shape index (κ3) is 2.97. The fraction of sp³-hybridized carbons (Fsp3) is 0.280. The van der Waals surface area contributed by atoms with E-state index < -0.39 is 17.5 Å². The number of methoxy groups -OCH3 is 1. The second-order valence-corrected chi connectivity index (χ2v) is 8.48. The van der Waals surface area contributed by atoms with Gasteiger partial charge in [-0.05, 0) is 43.7 Å². The SMILES string of the molecule is CC[C@@]1(O)C(=O)OCc2c1cc1n(c2=O)Cc2cc3c(/C=C(\C)C(=O)OC)c(O)ccc3nc2-1. The first-order valence-corrected chi connectivity index (χ1v) is 10.8. The molecule has 2 aliphatic heterocycles. The lowest BCUT2D eigenvalue weighted by Crippen LogP contribution is -2.44. The molecule has 0 saturated heterocycles. The quantitative estimate of drug-likeness (QED) is 0.351. The van der Waals surface area contributed by atoms with Gasteiger partial charge in [0.05, 0.1) is 36.1 Å². The van der Waals surface area contributed by atoms with Gasteiger partial charge in [-0.15, -0.1) is 0 Å². The van der Waals surface area contributed by atoms with Gasteiger partial charge in [0, 0.05) is 27.6 Å². The number of phenols is 1. The van der Waals surface area contributed by atoms with Crippen LogP contribution in [0.2, 0.25) is 0 Å². The maximum atomic E-state index is 13.3. The third-order valence-corrected chi connectivity index (χ3v) is 6.58. The number of aliphatic hydroxyl groups is 1. The Bertz CT molecular complexity index is 1500. The molecule has 2 N–H and O–H groups in total. The Hall–Kier alpha value is -3.98. The van der Waals surface area contributed by atoms with Gasteiger partial charge in [0.2, 0.25) is 0 Å². The topological polar surface area (TPSA) is 128 Å². The average molecular weight is 462 g/mol. The summed E-state index contributed by atoms with van der Waals surface area (Å²) < 4.78 is 11.4. The van der Waals surface area contributed by atoms with E-state index in [1.165, 1.54) is 19.3 Å². The van der Waals surface area contributed by atoms with Crippen LogP contribution in [0.25, 0.3) is 28.4 Å². The molecule has 174 valence electrons. The van der Waals surface area contributed by atoms with Crippen molar-refractivity contribution < 1.29 is 29.3 Å². The lowest BCUT2D eigenvalue weighted by atomic mass is 9.86. The highest BCUT2D eigenvalue weighted by atomic mass is 16.6. The Kier molecular flexibility index (Phi) is 4.84. The van der Waals surface area contributed by atoms with Crippen LogP contribution in [0, 0.1) is 0 Å². The number of hydrogen-bond donors (Lipinski definition) is 2. The lowest BCUT2D eigenvalue weighted by molar-refractivity contribution is -0.172. The lowest BCUT2D eigenvalue weighted by Gasteiger charge is -2.31. The van der Waals surface area contributed by atoms with E-state index in [9.17, 15) is 24.6 Å². The van der Waals surface area contributed by atoms with Gasteiger partial charge in [0.25, 0.3) is 5.56 Å². The van der Waals surface area contributed by atoms with Gasteiger partial charge in [-0.25, -0.2) is 14.6 Å². The Labute approximate surface area is 193 Å². The third-order valence-electron chi connectivity index (χ3n) is 6.58. The number of benzene rings is 1. The summed E-state index contributed by atoms with van der Waals surface area (Å²) in [6, 6.07) is 6.61. The minimum atomic E-state index is -1.89. The molecule has 0 spiro atoms. The van der Waals surface area contributed by atoms with Crippen LogP contribution < -0.4 is 5.56 Å². The molecule has 34 heavy (non-hydrogen) atoms. The predicted molar refractivity (Wildman–Crippen MR) is 122 cm³/mol. The molecule has 1 atom stereocenters. The van der Waals surface area contributed by atoms with Crippen LogP contribution in [0.5, 0.6) is 5.75 Å². The van der Waals surface area contributed by atoms with E-state index >= 15 is 0 Å². The van der Waals surface area contributed by atoms with E-state index in [0.29, 0.717) is 33.4 Å². The molecule has 0 unspecified atom stereocenters. The molecule has 2 aromatic heterocycles. The van der Waals surface area contributed by atoms with Gasteiger partial charge in [-0.1, -0.05) is 6.92 Å². The number of aromatic hydroxyl groups is 1. The van der Waals surface area contributed by atoms with E-state index in [2.05, 4.69) is 0 Å². The van der Waals surface area contributed by atoms with Gasteiger partial charge in [0.15, 0.2) is 5.60 Å². The van der Waals surface area contributed by atoms with Gasteiger partial charge in [-0.2, -0.15) is 0 Å². The van der Waals surface area contributed by atoms with E-state index in [4.69, 9.17) is 14.5 Å². The molecule has 3 aromatic rings. The molecule has 0 amide bonds. The van der Waals surface area contributed by atoms with Crippen molar-refractivity contribution in [3.63, 3.8) is 0 Å². The number of carbonyl (C=O) groups is 2. The van der Waals surface area contributed by atoms with Gasteiger partial charge < -0.3 is 24.3 Å². The standard InChI is InChI=1S/C25H22N2O7/c1-4-25(32)17-9-19-21-13(10-27(19)22(29)16(17)11-34-24(25)31)8-14-15(7-12(2)23(30)33-3)20(28)6-5-18(14)26-21/h5-9,28,32H,4,10-11H2,1-3H3/b12-7+/t25-/m0/s1. The predicted octanol–water partition coefficient (Wildman–Crippen LogP) is 2.36. The van der Waals surface area contributed by atoms with Crippen molar-refractivity contribution in [3.05, 3.63) is 62.4 Å². The van der Waals surface area contributed by atoms with Crippen LogP contribution in [0.4, 0.5) is 0 Å². The normalized spacial score (nSPS) is 18.8. The first-order valence-electron chi connectivity index (χ1n) is 10.8. The Balaban J connectivity index is 1.73. The molecule has 0 bridgehead atoms. The van der Waals surface area contributed by atoms with Crippen LogP contribution in [0.15, 0.2) is 34.6 Å². The van der Waals surface area contributed by atoms with Crippen LogP contribution in [-0.4, -0.2) is 38.8 Å². The van der Waals surface area contributed by atoms with Crippen molar-refractivity contribution >= 4 is 28.9 Å². The zero-order valence-electron chi connectivity index (χ0n) is 18.8. The van der Waals surface area contributed by atoms with E-state index in [1.54, 1.807) is 30.5 Å². The molecule has 0 fully saturated rings. The molecule has 0 saturated carbocycles. The first-order chi connectivity index (χ1) is 16.2. The number of ether oxygens (including phenoxy) is 2. The summed E-state index contributed by atoms with van der Waals surface area (Å²) in [6.45, 7) is 3.27. The van der Waals surface area contributed by atoms with Crippen LogP contribution in [-0.2, 0) is 37.8 Å². The number of cyclic esters (lactones) is 1. The van der Waals surface area contributed by atoms with E-state index in [-0.39, 0.29) is 42.0 Å². The zero-order chi connectivity index (χ0) is 24.4. The van der Waals surface area contributed by atoms with Crippen molar-refractivity contribution in [1.82, 2.24) is 9.55 Å². The number of hydrogen-bond acceptors (Lipinski definition) is 8. The number of pyridine rings is 2. The molecule has 2 aliphatic rings. The number of rotatable bonds is 3. The smallest absolute Gasteiger partial charge is 0.343 e. The van der Waals surface area contributed by atoms with Crippen molar-refractivity contribution in [2.24, 2.45) is 0 Å². The monoisotopic (exact) mass is 462 g/mol. The van der Waals surface area contributed by atoms with Crippen molar-refractivity contribution in [2.45, 2.75) is 39.0 Å². The number of esters is 2. The summed E-state index contributed by atoms with van der Waals surface area (Å²) in [6.07, 6.45) is 1.60. The molecule has 4 heterocycles. The molecular weight excluding hydrogens is 440 g/mol. The molecular formula is C25H22N2O7. The van der Waals surface area contributed by atoms with E-state index in [0.717, 1.165) is 5.56 Å². The zero-order valence-corrected chi connectivity index (χ0v) is 18.8. The van der Waals surface area contributed by atoms with Gasteiger partial charge in [-0.3, -0.25) is 4.79 Å². The molecule has 9 heteroatoms. The van der Waals surface area contributed by atoms with Gasteiger partial charge >= 0.3 is 11.9 Å². The highest BCUT2D eigenvalue weighted by Gasteiger charge is 2.45. The summed E-state index contributed by atoms with van der Waals surface area (Å²) >= 11 is 0. The Morgan fingerprint density at radius 3 is 2.79 bits per heavy atom. The summed E-state index contributed by atoms with van der Waals surface area (Å²) in [4.78, 5) is 42.2. The maximum Gasteiger partial charge on any atom is 0.343 e. The first kappa shape index (κ1) is 21.8. The fourth-order valence-electron chi connectivity index (χ4n) is 4.65. The van der Waals surface area contributed by atoms with Crippen molar-refractivity contribution in [3.8, 4) is 17.1 Å². The molecule has 5 rings (SSSR count). The number of carbonyl (C=O) groups excluding carboxylic acids is 2. The van der Waals surface area contributed by atoms with Crippen molar-refractivity contribution in [2.75, 3.05) is 7.11 Å². The second kappa shape index (κ2) is 7.53. The minimum Gasteiger partial charge on any atom is -0.507 e. The fourth-order valence-corrected chi connectivity index (χ4v) is 4.65. The van der Waals surface area contributed by atoms with Gasteiger partial charge in [0.1, 0.15) is 12.4 Å². The molecule has 0 radical (unpaired) electrons. The van der Waals surface area contributed by atoms with Crippen molar-refractivity contribution in [1.29, 1.82) is 0 Å². The minimum absolute atomic E-state index is 0.0238. The number of nitrogens with zero attached hydrogens (tertiary/aromatic N) is 2. The number of phenolic OH excluding ortho intramolecular Hbond substituents is 1. The maximum absolute atomic E-state index is 13.3. The largest absolute Gasteiger partial charge is 0.507 e. The van der Waals surface area contributed by atoms with Crippen LogP contribution in [0.3, 0.4) is 0 Å². The summed E-state index contributed by atoms with van der Waals surface area (Å²) in [7, 11) is 1.28. The Morgan fingerprint density at radius 2 is 2.09 bits per heavy atom.